The molecule has 0 unspecified atom stereocenters. The van der Waals surface area contributed by atoms with Gasteiger partial charge < -0.3 is 15.0 Å². The molecule has 256 valence electrons. The molecule has 7 rings (SSSR count). The number of fused-ring (bicyclic) bond motifs is 1. The van der Waals surface area contributed by atoms with Gasteiger partial charge in [0.2, 0.25) is 11.8 Å². The minimum Gasteiger partial charge on any atom is -0.380 e. The third-order valence-electron chi connectivity index (χ3n) is 9.31. The molecule has 10 nitrogen and oxygen atoms in total. The summed E-state index contributed by atoms with van der Waals surface area (Å²) in [5, 5.41) is 11.3. The molecule has 0 bridgehead atoms. The lowest BCUT2D eigenvalue weighted by Crippen LogP contribution is -2.45. The fourth-order valence-corrected chi connectivity index (χ4v) is 7.66. The minimum atomic E-state index is -0.923. The lowest BCUT2D eigenvalue weighted by molar-refractivity contribution is -0.132. The molecule has 0 radical (unpaired) electrons. The summed E-state index contributed by atoms with van der Waals surface area (Å²) >= 11 is 0. The van der Waals surface area contributed by atoms with Crippen LogP contribution in [0.5, 0.6) is 0 Å². The van der Waals surface area contributed by atoms with Gasteiger partial charge >= 0.3 is 0 Å². The molecule has 0 saturated carbocycles. The summed E-state index contributed by atoms with van der Waals surface area (Å²) in [6.07, 6.45) is 6.84. The van der Waals surface area contributed by atoms with E-state index in [4.69, 9.17) is 15.4 Å². The second kappa shape index (κ2) is 14.7. The molecule has 2 aliphatic heterocycles. The molecular formula is C37H35ClFN7O3S. The molecule has 2 aromatic heterocycles. The van der Waals surface area contributed by atoms with Crippen molar-refractivity contribution in [3.63, 3.8) is 0 Å². The Morgan fingerprint density at radius 2 is 1.82 bits per heavy atom. The Labute approximate surface area is 297 Å². The van der Waals surface area contributed by atoms with Gasteiger partial charge in [0, 0.05) is 73.4 Å². The standard InChI is InChI=1S/C37H35ClFN7O3S/c1-49-22-28-19-27(7-9-31(28)39)34-30-20-29(8-10-32(30)43-44-34)42-36(48)37(50-38)13-18-45(23-37)21-33(47)46-16-11-25(12-17-46)24-3-5-26(6-4-24)35-40-14-2-15-41-35/h2-11,14-15,19-20H,12-13,16-18,21-23H2,1H3,(H,42,48)(H,43,44)/t37-/m0/s1. The van der Waals surface area contributed by atoms with E-state index >= 15 is 0 Å². The maximum absolute atomic E-state index is 14.3. The molecule has 3 aromatic carbocycles. The van der Waals surface area contributed by atoms with Crippen LogP contribution in [0.2, 0.25) is 0 Å². The van der Waals surface area contributed by atoms with Gasteiger partial charge in [-0.2, -0.15) is 5.10 Å². The molecule has 1 saturated heterocycles. The fourth-order valence-electron chi connectivity index (χ4n) is 6.55. The quantitative estimate of drug-likeness (QED) is 0.167. The van der Waals surface area contributed by atoms with Crippen molar-refractivity contribution in [1.29, 1.82) is 0 Å². The first-order chi connectivity index (χ1) is 24.4. The van der Waals surface area contributed by atoms with Crippen LogP contribution in [0, 0.1) is 5.82 Å². The number of ether oxygens (including phenoxy) is 1. The van der Waals surface area contributed by atoms with Gasteiger partial charge in [-0.25, -0.2) is 14.4 Å². The number of H-pyrrole nitrogens is 1. The number of aromatic amines is 1. The molecule has 2 aliphatic rings. The molecule has 1 atom stereocenters. The maximum Gasteiger partial charge on any atom is 0.243 e. The largest absolute Gasteiger partial charge is 0.380 e. The van der Waals surface area contributed by atoms with Crippen molar-refractivity contribution in [2.24, 2.45) is 0 Å². The highest BCUT2D eigenvalue weighted by molar-refractivity contribution is 8.22. The number of carbonyl (C=O) groups excluding carboxylic acids is 2. The highest BCUT2D eigenvalue weighted by atomic mass is 35.7. The van der Waals surface area contributed by atoms with E-state index in [0.29, 0.717) is 55.4 Å². The molecule has 1 fully saturated rings. The van der Waals surface area contributed by atoms with E-state index in [9.17, 15) is 14.0 Å². The molecule has 5 aromatic rings. The van der Waals surface area contributed by atoms with Gasteiger partial charge in [0.1, 0.15) is 10.6 Å². The van der Waals surface area contributed by atoms with Gasteiger partial charge in [0.15, 0.2) is 5.82 Å². The van der Waals surface area contributed by atoms with E-state index in [1.165, 1.54) is 18.7 Å². The number of carbonyl (C=O) groups is 2. The summed E-state index contributed by atoms with van der Waals surface area (Å²) in [7, 11) is 8.91. The normalized spacial score (nSPS) is 18.0. The van der Waals surface area contributed by atoms with Crippen LogP contribution in [0.25, 0.3) is 39.1 Å². The molecule has 0 spiro atoms. The summed E-state index contributed by atoms with van der Waals surface area (Å²) in [6, 6.07) is 20.3. The van der Waals surface area contributed by atoms with E-state index in [0.717, 1.165) is 45.0 Å². The SMILES string of the molecule is COCc1cc(-c2n[nH]c3ccc(NC(=O)[C@]4(SCl)CCN(CC(=O)N5CC=C(c6ccc(-c7ncccn7)cc6)CC5)C4)cc23)ccc1F. The van der Waals surface area contributed by atoms with Crippen molar-refractivity contribution in [1.82, 2.24) is 30.0 Å². The number of nitrogens with zero attached hydrogens (tertiary/aromatic N) is 5. The lowest BCUT2D eigenvalue weighted by Gasteiger charge is -2.29. The van der Waals surface area contributed by atoms with Crippen LogP contribution in [-0.2, 0) is 20.9 Å². The predicted molar refractivity (Wildman–Crippen MR) is 195 cm³/mol. The zero-order valence-electron chi connectivity index (χ0n) is 27.4. The number of hydrogen-bond donors (Lipinski definition) is 2. The summed E-state index contributed by atoms with van der Waals surface area (Å²) in [5.74, 6) is 0.144. The number of methoxy groups -OCH3 is 1. The maximum atomic E-state index is 14.3. The van der Waals surface area contributed by atoms with Crippen LogP contribution >= 0.6 is 21.7 Å². The van der Waals surface area contributed by atoms with Crippen molar-refractivity contribution in [3.8, 4) is 22.6 Å². The monoisotopic (exact) mass is 711 g/mol. The predicted octanol–water partition coefficient (Wildman–Crippen LogP) is 6.56. The van der Waals surface area contributed by atoms with E-state index in [1.54, 1.807) is 36.7 Å². The van der Waals surface area contributed by atoms with E-state index < -0.39 is 4.75 Å². The molecule has 2 amide bonds. The second-order valence-electron chi connectivity index (χ2n) is 12.5. The van der Waals surface area contributed by atoms with Gasteiger partial charge in [-0.15, -0.1) is 0 Å². The van der Waals surface area contributed by atoms with Crippen molar-refractivity contribution in [2.45, 2.75) is 24.2 Å². The van der Waals surface area contributed by atoms with Crippen LogP contribution in [0.3, 0.4) is 0 Å². The fraction of sp³-hybridized carbons (Fsp3) is 0.270. The van der Waals surface area contributed by atoms with Crippen molar-refractivity contribution < 1.29 is 18.7 Å². The van der Waals surface area contributed by atoms with Crippen molar-refractivity contribution in [3.05, 3.63) is 102 Å². The Morgan fingerprint density at radius 3 is 2.56 bits per heavy atom. The summed E-state index contributed by atoms with van der Waals surface area (Å²) < 4.78 is 18.5. The number of hydrogen-bond acceptors (Lipinski definition) is 8. The minimum absolute atomic E-state index is 0.0278. The van der Waals surface area contributed by atoms with Crippen LogP contribution in [0.15, 0.2) is 85.2 Å². The van der Waals surface area contributed by atoms with Gasteiger partial charge in [-0.05, 0) is 88.1 Å². The van der Waals surface area contributed by atoms with Crippen LogP contribution in [0.1, 0.15) is 24.0 Å². The number of likely N-dealkylation sites (tertiary alicyclic amines) is 1. The first-order valence-electron chi connectivity index (χ1n) is 16.3. The Hall–Kier alpha value is -4.62. The van der Waals surface area contributed by atoms with Gasteiger partial charge in [0.25, 0.3) is 0 Å². The number of halogens is 2. The Balaban J connectivity index is 0.969. The van der Waals surface area contributed by atoms with Crippen LogP contribution in [0.4, 0.5) is 10.1 Å². The first-order valence-corrected chi connectivity index (χ1v) is 17.9. The third kappa shape index (κ3) is 7.02. The number of nitrogens with one attached hydrogen (secondary N) is 2. The van der Waals surface area contributed by atoms with E-state index in [-0.39, 0.29) is 30.8 Å². The van der Waals surface area contributed by atoms with Crippen molar-refractivity contribution in [2.75, 3.05) is 45.2 Å². The lowest BCUT2D eigenvalue weighted by atomic mass is 9.98. The Bertz CT molecular complexity index is 2060. The second-order valence-corrected chi connectivity index (χ2v) is 13.9. The number of aromatic nitrogens is 4. The smallest absolute Gasteiger partial charge is 0.243 e. The Morgan fingerprint density at radius 1 is 1.04 bits per heavy atom. The zero-order valence-corrected chi connectivity index (χ0v) is 28.9. The molecule has 2 N–H and O–H groups in total. The summed E-state index contributed by atoms with van der Waals surface area (Å²) in [5.41, 5.74) is 6.45. The topological polar surface area (TPSA) is 116 Å². The van der Waals surface area contributed by atoms with E-state index in [1.807, 2.05) is 34.1 Å². The molecule has 0 aliphatic carbocycles. The number of rotatable bonds is 10. The highest BCUT2D eigenvalue weighted by Gasteiger charge is 2.46. The van der Waals surface area contributed by atoms with Crippen molar-refractivity contribution >= 4 is 55.6 Å². The molecular weight excluding hydrogens is 677 g/mol. The van der Waals surface area contributed by atoms with Crippen LogP contribution < -0.4 is 5.32 Å². The number of anilines is 1. The average molecular weight is 712 g/mol. The van der Waals surface area contributed by atoms with Gasteiger partial charge in [-0.3, -0.25) is 19.6 Å². The van der Waals surface area contributed by atoms with Crippen LogP contribution in [-0.4, -0.2) is 86.4 Å². The number of benzene rings is 3. The first kappa shape index (κ1) is 33.9. The zero-order chi connectivity index (χ0) is 34.7. The Kier molecular flexibility index (Phi) is 9.95. The van der Waals surface area contributed by atoms with Gasteiger partial charge in [0.05, 0.1) is 24.4 Å². The van der Waals surface area contributed by atoms with E-state index in [2.05, 4.69) is 43.7 Å². The van der Waals surface area contributed by atoms with Gasteiger partial charge in [-0.1, -0.05) is 30.3 Å². The molecule has 4 heterocycles. The molecule has 50 heavy (non-hydrogen) atoms. The molecule has 13 heteroatoms. The highest BCUT2D eigenvalue weighted by Crippen LogP contribution is 2.39. The summed E-state index contributed by atoms with van der Waals surface area (Å²) in [4.78, 5) is 39.6. The average Bonchev–Trinajstić information content (AvgIpc) is 3.78. The summed E-state index contributed by atoms with van der Waals surface area (Å²) in [6.45, 7) is 2.44. The third-order valence-corrected chi connectivity index (χ3v) is 11.0. The number of amides is 2.